The molecule has 1 aliphatic heterocycles. The fraction of sp³-hybridized carbons (Fsp3) is 0.235. The summed E-state index contributed by atoms with van der Waals surface area (Å²) >= 11 is 0. The molecule has 4 heteroatoms. The molecule has 0 amide bonds. The highest BCUT2D eigenvalue weighted by molar-refractivity contribution is 6.09. The van der Waals surface area contributed by atoms with Crippen LogP contribution in [0.4, 0.5) is 0 Å². The highest BCUT2D eigenvalue weighted by Gasteiger charge is 2.71. The van der Waals surface area contributed by atoms with Crippen molar-refractivity contribution in [1.29, 1.82) is 0 Å². The molecular weight excluding hydrogens is 268 g/mol. The molecule has 4 nitrogen and oxygen atoms in total. The molecule has 2 aromatic carbocycles. The third-order valence-electron chi connectivity index (χ3n) is 4.40. The van der Waals surface area contributed by atoms with Crippen molar-refractivity contribution in [2.24, 2.45) is 0 Å². The van der Waals surface area contributed by atoms with Gasteiger partial charge in [-0.2, -0.15) is 0 Å². The molecule has 106 valence electrons. The van der Waals surface area contributed by atoms with Gasteiger partial charge >= 0.3 is 0 Å². The van der Waals surface area contributed by atoms with Crippen LogP contribution in [0.2, 0.25) is 0 Å². The van der Waals surface area contributed by atoms with E-state index in [9.17, 15) is 9.90 Å². The van der Waals surface area contributed by atoms with Crippen LogP contribution in [0, 0.1) is 6.92 Å². The van der Waals surface area contributed by atoms with Crippen LogP contribution in [0.25, 0.3) is 0 Å². The molecule has 0 fully saturated rings. The Morgan fingerprint density at radius 2 is 1.90 bits per heavy atom. The molecule has 2 unspecified atom stereocenters. The topological polar surface area (TPSA) is 55.8 Å². The molecule has 2 aromatic rings. The van der Waals surface area contributed by atoms with E-state index in [4.69, 9.17) is 9.47 Å². The predicted molar refractivity (Wildman–Crippen MR) is 75.2 cm³/mol. The zero-order chi connectivity index (χ0) is 14.8. The van der Waals surface area contributed by atoms with Gasteiger partial charge in [-0.3, -0.25) is 4.79 Å². The molecule has 1 aliphatic carbocycles. The predicted octanol–water partition coefficient (Wildman–Crippen LogP) is 2.27. The van der Waals surface area contributed by atoms with E-state index in [2.05, 4.69) is 0 Å². The molecule has 21 heavy (non-hydrogen) atoms. The monoisotopic (exact) mass is 282 g/mol. The van der Waals surface area contributed by atoms with Gasteiger partial charge in [-0.05, 0) is 18.6 Å². The Morgan fingerprint density at radius 1 is 1.14 bits per heavy atom. The van der Waals surface area contributed by atoms with Crippen molar-refractivity contribution < 1.29 is 19.4 Å². The van der Waals surface area contributed by atoms with E-state index in [1.54, 1.807) is 30.3 Å². The standard InChI is InChI=1S/C17H14O4/c1-10-7-8-13-14(9-10)21-17(20-2)12-6-4-3-5-11(12)15(18)16(13,17)19/h3-9,19H,1-2H3. The lowest BCUT2D eigenvalue weighted by Gasteiger charge is -2.32. The van der Waals surface area contributed by atoms with Crippen LogP contribution in [0.5, 0.6) is 5.75 Å². The third-order valence-corrected chi connectivity index (χ3v) is 4.40. The zero-order valence-corrected chi connectivity index (χ0v) is 11.7. The Kier molecular flexibility index (Phi) is 2.23. The summed E-state index contributed by atoms with van der Waals surface area (Å²) in [6.07, 6.45) is 0. The van der Waals surface area contributed by atoms with Gasteiger partial charge in [0, 0.05) is 23.8 Å². The van der Waals surface area contributed by atoms with Crippen molar-refractivity contribution in [2.45, 2.75) is 18.3 Å². The van der Waals surface area contributed by atoms with Gasteiger partial charge in [-0.15, -0.1) is 0 Å². The summed E-state index contributed by atoms with van der Waals surface area (Å²) in [5.74, 6) is -1.40. The van der Waals surface area contributed by atoms with Crippen LogP contribution in [-0.2, 0) is 16.1 Å². The van der Waals surface area contributed by atoms with Gasteiger partial charge in [0.2, 0.25) is 11.4 Å². The van der Waals surface area contributed by atoms with Gasteiger partial charge in [-0.25, -0.2) is 0 Å². The van der Waals surface area contributed by atoms with Crippen LogP contribution in [0.15, 0.2) is 42.5 Å². The molecule has 0 saturated heterocycles. The number of rotatable bonds is 1. The minimum absolute atomic E-state index is 0.387. The van der Waals surface area contributed by atoms with E-state index in [0.717, 1.165) is 5.56 Å². The van der Waals surface area contributed by atoms with Crippen molar-refractivity contribution in [3.8, 4) is 5.75 Å². The molecular formula is C17H14O4. The summed E-state index contributed by atoms with van der Waals surface area (Å²) in [4.78, 5) is 12.8. The van der Waals surface area contributed by atoms with Gasteiger partial charge in [-0.1, -0.05) is 36.4 Å². The largest absolute Gasteiger partial charge is 0.453 e. The number of fused-ring (bicyclic) bond motifs is 5. The number of carbonyl (C=O) groups is 1. The Bertz CT molecular complexity index is 782. The summed E-state index contributed by atoms with van der Waals surface area (Å²) in [7, 11) is 1.44. The van der Waals surface area contributed by atoms with Crippen LogP contribution < -0.4 is 4.74 Å². The van der Waals surface area contributed by atoms with Crippen molar-refractivity contribution in [3.63, 3.8) is 0 Å². The van der Waals surface area contributed by atoms with E-state index in [1.807, 2.05) is 19.1 Å². The van der Waals surface area contributed by atoms with E-state index >= 15 is 0 Å². The van der Waals surface area contributed by atoms with Crippen LogP contribution >= 0.6 is 0 Å². The van der Waals surface area contributed by atoms with Crippen LogP contribution in [0.3, 0.4) is 0 Å². The highest BCUT2D eigenvalue weighted by Crippen LogP contribution is 2.59. The molecule has 1 N–H and O–H groups in total. The second-order valence-electron chi connectivity index (χ2n) is 5.51. The maximum Gasteiger partial charge on any atom is 0.279 e. The number of benzene rings is 2. The number of aliphatic hydroxyl groups is 1. The van der Waals surface area contributed by atoms with Crippen molar-refractivity contribution in [2.75, 3.05) is 7.11 Å². The Labute approximate surface area is 121 Å². The Hall–Kier alpha value is -2.17. The smallest absolute Gasteiger partial charge is 0.279 e. The van der Waals surface area contributed by atoms with E-state index in [1.165, 1.54) is 7.11 Å². The molecule has 2 atom stereocenters. The molecule has 1 heterocycles. The Balaban J connectivity index is 2.07. The van der Waals surface area contributed by atoms with E-state index < -0.39 is 11.4 Å². The molecule has 2 aliphatic rings. The lowest BCUT2D eigenvalue weighted by atomic mass is 9.86. The van der Waals surface area contributed by atoms with Crippen molar-refractivity contribution >= 4 is 5.78 Å². The average Bonchev–Trinajstić information content (AvgIpc) is 2.85. The van der Waals surface area contributed by atoms with Crippen LogP contribution in [0.1, 0.15) is 27.0 Å². The lowest BCUT2D eigenvalue weighted by Crippen LogP contribution is -2.50. The van der Waals surface area contributed by atoms with Gasteiger partial charge < -0.3 is 14.6 Å². The number of carbonyl (C=O) groups excluding carboxylic acids is 1. The lowest BCUT2D eigenvalue weighted by molar-refractivity contribution is -0.242. The highest BCUT2D eigenvalue weighted by atomic mass is 16.7. The second-order valence-corrected chi connectivity index (χ2v) is 5.51. The van der Waals surface area contributed by atoms with Gasteiger partial charge in [0.1, 0.15) is 5.75 Å². The first kappa shape index (κ1) is 12.6. The number of hydrogen-bond donors (Lipinski definition) is 1. The normalized spacial score (nSPS) is 28.8. The molecule has 0 aromatic heterocycles. The number of ketones is 1. The number of ether oxygens (including phenoxy) is 2. The van der Waals surface area contributed by atoms with E-state index in [0.29, 0.717) is 22.4 Å². The summed E-state index contributed by atoms with van der Waals surface area (Å²) in [5, 5.41) is 11.2. The minimum atomic E-state index is -1.84. The van der Waals surface area contributed by atoms with Crippen LogP contribution in [-0.4, -0.2) is 18.0 Å². The molecule has 4 rings (SSSR count). The first-order chi connectivity index (χ1) is 10.0. The zero-order valence-electron chi connectivity index (χ0n) is 11.7. The molecule has 0 spiro atoms. The van der Waals surface area contributed by atoms with Crippen molar-refractivity contribution in [3.05, 3.63) is 64.7 Å². The number of aryl methyl sites for hydroxylation is 1. The minimum Gasteiger partial charge on any atom is -0.453 e. The number of hydrogen-bond acceptors (Lipinski definition) is 4. The first-order valence-electron chi connectivity index (χ1n) is 6.76. The molecule has 0 saturated carbocycles. The summed E-state index contributed by atoms with van der Waals surface area (Å²) in [6.45, 7) is 1.93. The van der Waals surface area contributed by atoms with Crippen molar-refractivity contribution in [1.82, 2.24) is 0 Å². The maximum atomic E-state index is 12.8. The fourth-order valence-corrected chi connectivity index (χ4v) is 3.40. The SMILES string of the molecule is COC12Oc3cc(C)ccc3C1(O)C(=O)c1ccccc12. The van der Waals surface area contributed by atoms with E-state index in [-0.39, 0.29) is 5.78 Å². The molecule has 0 radical (unpaired) electrons. The summed E-state index contributed by atoms with van der Waals surface area (Å²) < 4.78 is 11.5. The number of methoxy groups -OCH3 is 1. The quantitative estimate of drug-likeness (QED) is 0.871. The first-order valence-corrected chi connectivity index (χ1v) is 6.76. The van der Waals surface area contributed by atoms with Gasteiger partial charge in [0.15, 0.2) is 0 Å². The Morgan fingerprint density at radius 3 is 2.67 bits per heavy atom. The average molecular weight is 282 g/mol. The number of Topliss-reactive ketones (excluding diaryl/α,β-unsaturated/α-hetero) is 1. The van der Waals surface area contributed by atoms with Gasteiger partial charge in [0.25, 0.3) is 5.79 Å². The second kappa shape index (κ2) is 3.72. The van der Waals surface area contributed by atoms with Gasteiger partial charge in [0.05, 0.1) is 0 Å². The fourth-order valence-electron chi connectivity index (χ4n) is 3.40. The third kappa shape index (κ3) is 1.21. The maximum absolute atomic E-state index is 12.8. The molecule has 0 bridgehead atoms. The summed E-state index contributed by atoms with van der Waals surface area (Å²) in [6, 6.07) is 12.4. The summed E-state index contributed by atoms with van der Waals surface area (Å²) in [5.41, 5.74) is 0.608.